The van der Waals surface area contributed by atoms with Crippen molar-refractivity contribution in [3.8, 4) is 16.9 Å². The first-order valence-electron chi connectivity index (χ1n) is 17.4. The van der Waals surface area contributed by atoms with Gasteiger partial charge in [-0.05, 0) is 63.1 Å². The molecule has 3 heterocycles. The molecule has 0 fully saturated rings. The van der Waals surface area contributed by atoms with Crippen LogP contribution in [-0.4, -0.2) is 18.5 Å². The Bertz CT molecular complexity index is 2220. The predicted molar refractivity (Wildman–Crippen MR) is 205 cm³/mol. The number of ether oxygens (including phenoxy) is 1. The Kier molecular flexibility index (Phi) is 7.83. The summed E-state index contributed by atoms with van der Waals surface area (Å²) in [6.45, 7) is 0.507. The highest BCUT2D eigenvalue weighted by molar-refractivity contribution is 6.12. The second-order valence-electron chi connectivity index (χ2n) is 13.1. The molecule has 0 aromatic heterocycles. The van der Waals surface area contributed by atoms with Crippen molar-refractivity contribution in [3.05, 3.63) is 204 Å². The summed E-state index contributed by atoms with van der Waals surface area (Å²) >= 11 is 0. The largest absolute Gasteiger partial charge is 0.491 e. The summed E-state index contributed by atoms with van der Waals surface area (Å²) in [6, 6.07) is 58.0. The van der Waals surface area contributed by atoms with E-state index in [1.165, 1.54) is 39.1 Å². The van der Waals surface area contributed by atoms with Gasteiger partial charge < -0.3 is 15.0 Å². The van der Waals surface area contributed by atoms with E-state index in [1.807, 2.05) is 0 Å². The van der Waals surface area contributed by atoms with Crippen LogP contribution in [0.25, 0.3) is 22.4 Å². The summed E-state index contributed by atoms with van der Waals surface area (Å²) in [6.07, 6.45) is 5.20. The van der Waals surface area contributed by atoms with E-state index in [0.29, 0.717) is 6.61 Å². The van der Waals surface area contributed by atoms with Crippen molar-refractivity contribution in [2.45, 2.75) is 24.5 Å². The maximum atomic E-state index is 6.79. The molecule has 4 heteroatoms. The van der Waals surface area contributed by atoms with Crippen LogP contribution < -0.4 is 15.0 Å². The Balaban J connectivity index is 1.20. The quantitative estimate of drug-likeness (QED) is 0.207. The molecule has 3 aliphatic heterocycles. The standard InChI is InChI=1S/C46H37N3O/c1-4-14-32(15-5-1)33-24-26-34(27-25-33)38-29-28-36-18-10-13-23-43(36)50-31-42-45(38)39-21-11-12-22-41(39)49(42)44-30-40(35-16-6-2-7-17-35)47-46(48-44)37-19-8-3-9-20-37/h1-27,29-30,42,45-47H,28,31H2/b38-29-. The van der Waals surface area contributed by atoms with Crippen molar-refractivity contribution in [2.75, 3.05) is 11.5 Å². The molecule has 4 nitrogen and oxygen atoms in total. The average Bonchev–Trinajstić information content (AvgIpc) is 3.55. The molecule has 9 rings (SSSR count). The van der Waals surface area contributed by atoms with E-state index < -0.39 is 0 Å². The van der Waals surface area contributed by atoms with Gasteiger partial charge in [-0.1, -0.05) is 158 Å². The molecule has 242 valence electrons. The summed E-state index contributed by atoms with van der Waals surface area (Å²) in [4.78, 5) is 7.89. The van der Waals surface area contributed by atoms with Gasteiger partial charge in [-0.2, -0.15) is 0 Å². The van der Waals surface area contributed by atoms with E-state index in [2.05, 4.69) is 186 Å². The SMILES string of the molecule is C1=C(c2ccccc2)NC(c2ccccc2)N=C1N1c2ccccc2C2/C(c3ccc(-c4ccccc4)cc3)=C\Cc3ccccc3OCC21. The summed E-state index contributed by atoms with van der Waals surface area (Å²) in [7, 11) is 0. The molecular formula is C46H37N3O. The first kappa shape index (κ1) is 30.0. The number of rotatable bonds is 4. The third-order valence-corrected chi connectivity index (χ3v) is 10.1. The summed E-state index contributed by atoms with van der Waals surface area (Å²) in [5, 5.41) is 3.74. The molecule has 0 spiro atoms. The molecule has 3 unspecified atom stereocenters. The average molecular weight is 648 g/mol. The van der Waals surface area contributed by atoms with Gasteiger partial charge in [0.2, 0.25) is 0 Å². The third kappa shape index (κ3) is 5.59. The van der Waals surface area contributed by atoms with Gasteiger partial charge in [-0.25, -0.2) is 4.99 Å². The Morgan fingerprint density at radius 2 is 1.22 bits per heavy atom. The number of fused-ring (bicyclic) bond motifs is 4. The van der Waals surface area contributed by atoms with Crippen LogP contribution in [0.3, 0.4) is 0 Å². The second kappa shape index (κ2) is 13.1. The number of para-hydroxylation sites is 2. The molecule has 50 heavy (non-hydrogen) atoms. The molecule has 6 aromatic rings. The van der Waals surface area contributed by atoms with E-state index in [9.17, 15) is 0 Å². The van der Waals surface area contributed by atoms with Crippen LogP contribution in [-0.2, 0) is 6.42 Å². The molecule has 3 aliphatic rings. The van der Waals surface area contributed by atoms with Crippen LogP contribution in [0.15, 0.2) is 181 Å². The molecule has 0 saturated carbocycles. The highest BCUT2D eigenvalue weighted by atomic mass is 16.5. The minimum Gasteiger partial charge on any atom is -0.491 e. The number of aliphatic imine (C=N–C) groups is 1. The maximum Gasteiger partial charge on any atom is 0.147 e. The van der Waals surface area contributed by atoms with Crippen molar-refractivity contribution in [3.63, 3.8) is 0 Å². The van der Waals surface area contributed by atoms with Crippen LogP contribution in [0.1, 0.15) is 39.9 Å². The molecule has 0 amide bonds. The van der Waals surface area contributed by atoms with Gasteiger partial charge in [0.15, 0.2) is 0 Å². The van der Waals surface area contributed by atoms with Crippen molar-refractivity contribution in [2.24, 2.45) is 4.99 Å². The second-order valence-corrected chi connectivity index (χ2v) is 13.1. The smallest absolute Gasteiger partial charge is 0.147 e. The number of hydrogen-bond donors (Lipinski definition) is 1. The zero-order chi connectivity index (χ0) is 33.3. The van der Waals surface area contributed by atoms with Gasteiger partial charge in [0.25, 0.3) is 0 Å². The highest BCUT2D eigenvalue weighted by Crippen LogP contribution is 2.50. The van der Waals surface area contributed by atoms with Gasteiger partial charge in [0, 0.05) is 23.4 Å². The van der Waals surface area contributed by atoms with Crippen LogP contribution in [0.2, 0.25) is 0 Å². The fourth-order valence-corrected chi connectivity index (χ4v) is 7.69. The van der Waals surface area contributed by atoms with Gasteiger partial charge in [-0.15, -0.1) is 0 Å². The van der Waals surface area contributed by atoms with Crippen LogP contribution >= 0.6 is 0 Å². The molecular weight excluding hydrogens is 611 g/mol. The molecule has 0 bridgehead atoms. The molecule has 3 atom stereocenters. The number of nitrogens with zero attached hydrogens (tertiary/aromatic N) is 2. The first-order chi connectivity index (χ1) is 24.8. The predicted octanol–water partition coefficient (Wildman–Crippen LogP) is 10.1. The number of hydrogen-bond acceptors (Lipinski definition) is 4. The van der Waals surface area contributed by atoms with E-state index in [1.54, 1.807) is 0 Å². The normalized spacial score (nSPS) is 20.5. The third-order valence-electron chi connectivity index (χ3n) is 10.1. The van der Waals surface area contributed by atoms with Crippen molar-refractivity contribution >= 4 is 22.8 Å². The Morgan fingerprint density at radius 1 is 0.600 bits per heavy atom. The monoisotopic (exact) mass is 647 g/mol. The molecule has 6 aromatic carbocycles. The summed E-state index contributed by atoms with van der Waals surface area (Å²) < 4.78 is 6.79. The molecule has 0 aliphatic carbocycles. The Labute approximate surface area is 293 Å². The summed E-state index contributed by atoms with van der Waals surface area (Å²) in [5.74, 6) is 1.92. The van der Waals surface area contributed by atoms with E-state index >= 15 is 0 Å². The van der Waals surface area contributed by atoms with Crippen LogP contribution in [0, 0.1) is 0 Å². The Hall–Kier alpha value is -6.13. The topological polar surface area (TPSA) is 36.9 Å². The fraction of sp³-hybridized carbons (Fsp3) is 0.109. The lowest BCUT2D eigenvalue weighted by Crippen LogP contribution is -2.44. The minimum atomic E-state index is -0.240. The van der Waals surface area contributed by atoms with E-state index in [4.69, 9.17) is 9.73 Å². The number of benzene rings is 6. The summed E-state index contributed by atoms with van der Waals surface area (Å²) in [5.41, 5.74) is 11.9. The van der Waals surface area contributed by atoms with Gasteiger partial charge >= 0.3 is 0 Å². The van der Waals surface area contributed by atoms with Crippen LogP contribution in [0.4, 0.5) is 5.69 Å². The van der Waals surface area contributed by atoms with Gasteiger partial charge in [0.1, 0.15) is 24.4 Å². The van der Waals surface area contributed by atoms with Crippen molar-refractivity contribution in [1.82, 2.24) is 5.32 Å². The lowest BCUT2D eigenvalue weighted by Gasteiger charge is -2.34. The molecule has 0 radical (unpaired) electrons. The maximum absolute atomic E-state index is 6.79. The number of nitrogens with one attached hydrogen (secondary N) is 1. The van der Waals surface area contributed by atoms with Crippen LogP contribution in [0.5, 0.6) is 5.75 Å². The Morgan fingerprint density at radius 3 is 2.00 bits per heavy atom. The van der Waals surface area contributed by atoms with Crippen molar-refractivity contribution < 1.29 is 4.74 Å². The molecule has 0 saturated heterocycles. The zero-order valence-corrected chi connectivity index (χ0v) is 27.7. The number of amidine groups is 1. The number of allylic oxidation sites excluding steroid dienone is 1. The lowest BCUT2D eigenvalue weighted by molar-refractivity contribution is 0.285. The highest BCUT2D eigenvalue weighted by Gasteiger charge is 2.44. The van der Waals surface area contributed by atoms with Gasteiger partial charge in [-0.3, -0.25) is 0 Å². The first-order valence-corrected chi connectivity index (χ1v) is 17.4. The van der Waals surface area contributed by atoms with E-state index in [-0.39, 0.29) is 18.1 Å². The number of anilines is 1. The van der Waals surface area contributed by atoms with Gasteiger partial charge in [0.05, 0.1) is 6.04 Å². The van der Waals surface area contributed by atoms with Crippen molar-refractivity contribution in [1.29, 1.82) is 0 Å². The zero-order valence-electron chi connectivity index (χ0n) is 27.7. The van der Waals surface area contributed by atoms with E-state index in [0.717, 1.165) is 34.8 Å². The lowest BCUT2D eigenvalue weighted by atomic mass is 9.82. The minimum absolute atomic E-state index is 0.0415. The fourth-order valence-electron chi connectivity index (χ4n) is 7.69. The molecule has 1 N–H and O–H groups in total.